The van der Waals surface area contributed by atoms with Crippen LogP contribution >= 0.6 is 0 Å². The molecule has 0 bridgehead atoms. The van der Waals surface area contributed by atoms with E-state index in [4.69, 9.17) is 9.47 Å². The summed E-state index contributed by atoms with van der Waals surface area (Å²) in [5.41, 5.74) is 0.832. The largest absolute Gasteiger partial charge is 0.486 e. The lowest BCUT2D eigenvalue weighted by molar-refractivity contribution is 0.171. The molecule has 0 aromatic heterocycles. The number of sulfone groups is 1. The van der Waals surface area contributed by atoms with Crippen LogP contribution in [-0.2, 0) is 9.84 Å². The minimum atomic E-state index is -3.10. The number of hydrogen-bond donors (Lipinski definition) is 1. The van der Waals surface area contributed by atoms with Gasteiger partial charge in [0.25, 0.3) is 0 Å². The van der Waals surface area contributed by atoms with Gasteiger partial charge < -0.3 is 14.8 Å². The average Bonchev–Trinajstić information content (AvgIpc) is 2.37. The lowest BCUT2D eigenvalue weighted by Crippen LogP contribution is -2.32. The van der Waals surface area contributed by atoms with Crippen molar-refractivity contribution in [1.29, 1.82) is 0 Å². The fourth-order valence-corrected chi connectivity index (χ4v) is 2.77. The summed E-state index contributed by atoms with van der Waals surface area (Å²) in [6.07, 6.45) is 0. The highest BCUT2D eigenvalue weighted by Crippen LogP contribution is 2.32. The van der Waals surface area contributed by atoms with Crippen molar-refractivity contribution < 1.29 is 17.9 Å². The molecule has 1 aliphatic heterocycles. The zero-order valence-electron chi connectivity index (χ0n) is 12.1. The number of rotatable bonds is 4. The molecule has 5 nitrogen and oxygen atoms in total. The molecule has 0 unspecified atom stereocenters. The van der Waals surface area contributed by atoms with Crippen molar-refractivity contribution in [1.82, 2.24) is 0 Å². The van der Waals surface area contributed by atoms with Crippen LogP contribution in [0.1, 0.15) is 20.8 Å². The van der Waals surface area contributed by atoms with E-state index in [0.29, 0.717) is 25.5 Å². The first-order valence-electron chi connectivity index (χ1n) is 6.65. The standard InChI is InChI=1S/C14H21NO4S/c1-14(2,3)20(16,17)9-6-15-11-4-5-12-13(10-11)19-8-7-18-12/h4-5,10,15H,6-9H2,1-3H3. The minimum absolute atomic E-state index is 0.102. The van der Waals surface area contributed by atoms with Crippen molar-refractivity contribution in [2.24, 2.45) is 0 Å². The highest BCUT2D eigenvalue weighted by molar-refractivity contribution is 7.92. The number of hydrogen-bond acceptors (Lipinski definition) is 5. The van der Waals surface area contributed by atoms with Gasteiger partial charge in [-0.2, -0.15) is 0 Å². The van der Waals surface area contributed by atoms with E-state index in [1.165, 1.54) is 0 Å². The molecule has 0 radical (unpaired) electrons. The predicted octanol–water partition coefficient (Wildman–Crippen LogP) is 2.08. The van der Waals surface area contributed by atoms with E-state index in [9.17, 15) is 8.42 Å². The van der Waals surface area contributed by atoms with E-state index in [1.807, 2.05) is 18.2 Å². The monoisotopic (exact) mass is 299 g/mol. The molecule has 1 aromatic carbocycles. The molecular weight excluding hydrogens is 278 g/mol. The van der Waals surface area contributed by atoms with Crippen molar-refractivity contribution >= 4 is 15.5 Å². The van der Waals surface area contributed by atoms with Crippen LogP contribution in [0.2, 0.25) is 0 Å². The third kappa shape index (κ3) is 3.36. The smallest absolute Gasteiger partial charge is 0.163 e. The average molecular weight is 299 g/mol. The van der Waals surface area contributed by atoms with Crippen molar-refractivity contribution in [2.75, 3.05) is 30.8 Å². The zero-order valence-corrected chi connectivity index (χ0v) is 12.9. The van der Waals surface area contributed by atoms with Gasteiger partial charge in [-0.15, -0.1) is 0 Å². The summed E-state index contributed by atoms with van der Waals surface area (Å²) in [6, 6.07) is 5.52. The lowest BCUT2D eigenvalue weighted by atomic mass is 10.2. The summed E-state index contributed by atoms with van der Waals surface area (Å²) in [7, 11) is -3.10. The van der Waals surface area contributed by atoms with E-state index in [0.717, 1.165) is 11.4 Å². The number of fused-ring (bicyclic) bond motifs is 1. The molecule has 0 saturated carbocycles. The van der Waals surface area contributed by atoms with E-state index in [1.54, 1.807) is 20.8 Å². The summed E-state index contributed by atoms with van der Waals surface area (Å²) in [4.78, 5) is 0. The Morgan fingerprint density at radius 2 is 1.80 bits per heavy atom. The highest BCUT2D eigenvalue weighted by Gasteiger charge is 2.28. The Hall–Kier alpha value is -1.43. The normalized spacial score (nSPS) is 14.9. The third-order valence-corrected chi connectivity index (χ3v) is 5.78. The Labute approximate surface area is 120 Å². The van der Waals surface area contributed by atoms with Crippen molar-refractivity contribution in [2.45, 2.75) is 25.5 Å². The number of anilines is 1. The third-order valence-electron chi connectivity index (χ3n) is 3.18. The van der Waals surface area contributed by atoms with Gasteiger partial charge in [-0.1, -0.05) is 0 Å². The molecule has 112 valence electrons. The molecule has 0 aliphatic carbocycles. The summed E-state index contributed by atoms with van der Waals surface area (Å²) < 4.78 is 34.2. The van der Waals surface area contributed by atoms with E-state index in [-0.39, 0.29) is 5.75 Å². The van der Waals surface area contributed by atoms with Crippen LogP contribution in [-0.4, -0.2) is 38.7 Å². The second-order valence-corrected chi connectivity index (χ2v) is 8.58. The second-order valence-electron chi connectivity index (χ2n) is 5.72. The van der Waals surface area contributed by atoms with Gasteiger partial charge in [-0.05, 0) is 32.9 Å². The van der Waals surface area contributed by atoms with Gasteiger partial charge in [0.05, 0.1) is 10.5 Å². The molecule has 2 rings (SSSR count). The lowest BCUT2D eigenvalue weighted by Gasteiger charge is -2.20. The molecule has 20 heavy (non-hydrogen) atoms. The van der Waals surface area contributed by atoms with Crippen LogP contribution in [0.4, 0.5) is 5.69 Å². The Kier molecular flexibility index (Phi) is 4.13. The van der Waals surface area contributed by atoms with Crippen LogP contribution in [0.5, 0.6) is 11.5 Å². The first-order chi connectivity index (χ1) is 9.29. The Morgan fingerprint density at radius 1 is 1.15 bits per heavy atom. The maximum Gasteiger partial charge on any atom is 0.163 e. The van der Waals surface area contributed by atoms with Crippen LogP contribution in [0.15, 0.2) is 18.2 Å². The molecule has 0 amide bonds. The first kappa shape index (κ1) is 15.0. The summed E-state index contributed by atoms with van der Waals surface area (Å²) in [5, 5.41) is 3.11. The number of nitrogens with one attached hydrogen (secondary N) is 1. The zero-order chi connectivity index (χ0) is 14.8. The van der Waals surface area contributed by atoms with Gasteiger partial charge in [-0.3, -0.25) is 0 Å². The summed E-state index contributed by atoms with van der Waals surface area (Å²) >= 11 is 0. The first-order valence-corrected chi connectivity index (χ1v) is 8.31. The molecule has 1 aromatic rings. The van der Waals surface area contributed by atoms with E-state index < -0.39 is 14.6 Å². The van der Waals surface area contributed by atoms with Gasteiger partial charge in [0, 0.05) is 18.3 Å². The van der Waals surface area contributed by atoms with Gasteiger partial charge in [0.2, 0.25) is 0 Å². The van der Waals surface area contributed by atoms with Crippen LogP contribution in [0.25, 0.3) is 0 Å². The molecular formula is C14H21NO4S. The maximum atomic E-state index is 12.0. The second kappa shape index (κ2) is 5.52. The minimum Gasteiger partial charge on any atom is -0.486 e. The van der Waals surface area contributed by atoms with E-state index in [2.05, 4.69) is 5.32 Å². The molecule has 1 heterocycles. The topological polar surface area (TPSA) is 64.6 Å². The molecule has 0 spiro atoms. The van der Waals surface area contributed by atoms with Crippen LogP contribution in [0, 0.1) is 0 Å². The predicted molar refractivity (Wildman–Crippen MR) is 79.5 cm³/mol. The maximum absolute atomic E-state index is 12.0. The van der Waals surface area contributed by atoms with Gasteiger partial charge in [-0.25, -0.2) is 8.42 Å². The number of benzene rings is 1. The fourth-order valence-electron chi connectivity index (χ4n) is 1.79. The molecule has 1 N–H and O–H groups in total. The van der Waals surface area contributed by atoms with Crippen LogP contribution < -0.4 is 14.8 Å². The fraction of sp³-hybridized carbons (Fsp3) is 0.571. The van der Waals surface area contributed by atoms with E-state index >= 15 is 0 Å². The van der Waals surface area contributed by atoms with Crippen LogP contribution in [0.3, 0.4) is 0 Å². The highest BCUT2D eigenvalue weighted by atomic mass is 32.2. The molecule has 0 saturated heterocycles. The Bertz CT molecular complexity index is 575. The molecule has 1 aliphatic rings. The van der Waals surface area contributed by atoms with Crippen molar-refractivity contribution in [3.63, 3.8) is 0 Å². The molecule has 0 atom stereocenters. The molecule has 0 fully saturated rings. The Balaban J connectivity index is 1.95. The Morgan fingerprint density at radius 3 is 2.45 bits per heavy atom. The summed E-state index contributed by atoms with van der Waals surface area (Å²) in [6.45, 7) is 6.61. The van der Waals surface area contributed by atoms with Gasteiger partial charge in [0.1, 0.15) is 13.2 Å². The molecule has 6 heteroatoms. The quantitative estimate of drug-likeness (QED) is 0.922. The number of ether oxygens (including phenoxy) is 2. The van der Waals surface area contributed by atoms with Crippen molar-refractivity contribution in [3.05, 3.63) is 18.2 Å². The van der Waals surface area contributed by atoms with Gasteiger partial charge in [0.15, 0.2) is 21.3 Å². The SMILES string of the molecule is CC(C)(C)S(=O)(=O)CCNc1ccc2c(c1)OCCO2. The van der Waals surface area contributed by atoms with Gasteiger partial charge >= 0.3 is 0 Å². The summed E-state index contributed by atoms with van der Waals surface area (Å²) in [5.74, 6) is 1.52. The van der Waals surface area contributed by atoms with Crippen molar-refractivity contribution in [3.8, 4) is 11.5 Å².